The van der Waals surface area contributed by atoms with E-state index in [1.807, 2.05) is 0 Å². The molecule has 1 saturated carbocycles. The topological polar surface area (TPSA) is 0 Å². The highest BCUT2D eigenvalue weighted by Gasteiger charge is 2.40. The standard InChI is InChI=1S/C10H10/c1-2-9-7-4-5-8(6-7)10(9)3-1/h1-2,5,8-10H,3,6H2. The Balaban J connectivity index is 2.14. The molecule has 2 bridgehead atoms. The lowest BCUT2D eigenvalue weighted by Gasteiger charge is -2.14. The van der Waals surface area contributed by atoms with Crippen LogP contribution in [-0.2, 0) is 0 Å². The fourth-order valence-corrected chi connectivity index (χ4v) is 2.58. The van der Waals surface area contributed by atoms with Crippen molar-refractivity contribution in [1.82, 2.24) is 0 Å². The zero-order valence-electron chi connectivity index (χ0n) is 5.88. The van der Waals surface area contributed by atoms with E-state index < -0.39 is 0 Å². The Morgan fingerprint density at radius 3 is 3.40 bits per heavy atom. The summed E-state index contributed by atoms with van der Waals surface area (Å²) >= 11 is 0. The van der Waals surface area contributed by atoms with Crippen LogP contribution in [-0.4, -0.2) is 0 Å². The van der Waals surface area contributed by atoms with Crippen LogP contribution in [0.2, 0.25) is 0 Å². The van der Waals surface area contributed by atoms with Gasteiger partial charge in [0, 0.05) is 5.92 Å². The predicted octanol–water partition coefficient (Wildman–Crippen LogP) is 2.29. The third kappa shape index (κ3) is 0.413. The second-order valence-electron chi connectivity index (χ2n) is 3.56. The van der Waals surface area contributed by atoms with E-state index in [0.717, 1.165) is 17.8 Å². The second-order valence-corrected chi connectivity index (χ2v) is 3.56. The molecule has 0 aromatic carbocycles. The van der Waals surface area contributed by atoms with Crippen molar-refractivity contribution in [2.45, 2.75) is 12.8 Å². The van der Waals surface area contributed by atoms with Crippen LogP contribution in [0.4, 0.5) is 0 Å². The third-order valence-electron chi connectivity index (χ3n) is 3.10. The van der Waals surface area contributed by atoms with Gasteiger partial charge in [-0.15, -0.1) is 5.73 Å². The van der Waals surface area contributed by atoms with Crippen molar-refractivity contribution in [2.24, 2.45) is 17.8 Å². The maximum atomic E-state index is 3.37. The summed E-state index contributed by atoms with van der Waals surface area (Å²) < 4.78 is 0. The molecule has 0 aromatic heterocycles. The van der Waals surface area contributed by atoms with E-state index in [9.17, 15) is 0 Å². The fourth-order valence-electron chi connectivity index (χ4n) is 2.58. The molecule has 0 spiro atoms. The van der Waals surface area contributed by atoms with Gasteiger partial charge < -0.3 is 0 Å². The molecule has 50 valence electrons. The second kappa shape index (κ2) is 1.46. The van der Waals surface area contributed by atoms with E-state index in [1.54, 1.807) is 5.57 Å². The average Bonchev–Trinajstić information content (AvgIpc) is 2.60. The molecular weight excluding hydrogens is 120 g/mol. The van der Waals surface area contributed by atoms with Crippen LogP contribution in [0.25, 0.3) is 0 Å². The Bertz CT molecular complexity index is 264. The molecule has 3 atom stereocenters. The Kier molecular flexibility index (Phi) is 0.728. The van der Waals surface area contributed by atoms with Crippen LogP contribution in [0.3, 0.4) is 0 Å². The Labute approximate surface area is 60.9 Å². The molecule has 0 nitrogen and oxygen atoms in total. The Morgan fingerprint density at radius 1 is 1.50 bits per heavy atom. The molecule has 0 radical (unpaired) electrons. The zero-order valence-corrected chi connectivity index (χ0v) is 5.88. The van der Waals surface area contributed by atoms with Crippen LogP contribution < -0.4 is 0 Å². The number of hydrogen-bond donors (Lipinski definition) is 0. The van der Waals surface area contributed by atoms with Crippen LogP contribution >= 0.6 is 0 Å². The Morgan fingerprint density at radius 2 is 2.50 bits per heavy atom. The quantitative estimate of drug-likeness (QED) is 0.348. The van der Waals surface area contributed by atoms with Crippen LogP contribution in [0.15, 0.2) is 29.5 Å². The molecule has 1 fully saturated rings. The van der Waals surface area contributed by atoms with E-state index in [2.05, 4.69) is 24.0 Å². The minimum atomic E-state index is 0.801. The maximum absolute atomic E-state index is 3.37. The van der Waals surface area contributed by atoms with Gasteiger partial charge in [0.1, 0.15) is 0 Å². The van der Waals surface area contributed by atoms with Gasteiger partial charge in [0.2, 0.25) is 0 Å². The molecule has 3 unspecified atom stereocenters. The fraction of sp³-hybridized carbons (Fsp3) is 0.500. The number of allylic oxidation sites excluding steroid dienone is 3. The van der Waals surface area contributed by atoms with Crippen molar-refractivity contribution >= 4 is 0 Å². The minimum Gasteiger partial charge on any atom is -0.125 e. The average molecular weight is 130 g/mol. The smallest absolute Gasteiger partial charge is 0.00900 e. The summed E-state index contributed by atoms with van der Waals surface area (Å²) in [6.07, 6.45) is 9.63. The van der Waals surface area contributed by atoms with Gasteiger partial charge in [-0.05, 0) is 36.3 Å². The van der Waals surface area contributed by atoms with Crippen molar-refractivity contribution in [3.63, 3.8) is 0 Å². The van der Waals surface area contributed by atoms with Gasteiger partial charge in [-0.2, -0.15) is 0 Å². The first-order valence-electron chi connectivity index (χ1n) is 4.07. The lowest BCUT2D eigenvalue weighted by atomic mass is 9.89. The van der Waals surface area contributed by atoms with Gasteiger partial charge >= 0.3 is 0 Å². The number of rotatable bonds is 0. The van der Waals surface area contributed by atoms with Crippen molar-refractivity contribution in [3.8, 4) is 0 Å². The summed E-state index contributed by atoms with van der Waals surface area (Å²) in [5.41, 5.74) is 4.94. The van der Waals surface area contributed by atoms with E-state index >= 15 is 0 Å². The molecule has 0 N–H and O–H groups in total. The van der Waals surface area contributed by atoms with Gasteiger partial charge in [-0.3, -0.25) is 0 Å². The summed E-state index contributed by atoms with van der Waals surface area (Å²) in [5, 5.41) is 0. The first kappa shape index (κ1) is 4.98. The zero-order chi connectivity index (χ0) is 6.55. The summed E-state index contributed by atoms with van der Waals surface area (Å²) in [4.78, 5) is 0. The molecular formula is C10H10. The van der Waals surface area contributed by atoms with Crippen LogP contribution in [0.5, 0.6) is 0 Å². The van der Waals surface area contributed by atoms with Crippen molar-refractivity contribution in [3.05, 3.63) is 29.5 Å². The molecule has 0 amide bonds. The Hall–Kier alpha value is -0.740. The highest BCUT2D eigenvalue weighted by Crippen LogP contribution is 2.50. The molecule has 0 aromatic rings. The molecule has 0 aliphatic heterocycles. The van der Waals surface area contributed by atoms with Gasteiger partial charge in [0.25, 0.3) is 0 Å². The van der Waals surface area contributed by atoms with E-state index in [4.69, 9.17) is 0 Å². The molecule has 3 aliphatic carbocycles. The van der Waals surface area contributed by atoms with E-state index in [1.165, 1.54) is 12.8 Å². The van der Waals surface area contributed by atoms with E-state index in [0.29, 0.717) is 0 Å². The summed E-state index contributed by atoms with van der Waals surface area (Å²) in [6, 6.07) is 0. The van der Waals surface area contributed by atoms with Gasteiger partial charge in [-0.25, -0.2) is 0 Å². The predicted molar refractivity (Wildman–Crippen MR) is 40.4 cm³/mol. The maximum Gasteiger partial charge on any atom is 0.00900 e. The van der Waals surface area contributed by atoms with Gasteiger partial charge in [-0.1, -0.05) is 12.2 Å². The molecule has 0 heteroatoms. The highest BCUT2D eigenvalue weighted by atomic mass is 14.4. The van der Waals surface area contributed by atoms with Crippen molar-refractivity contribution < 1.29 is 0 Å². The van der Waals surface area contributed by atoms with E-state index in [-0.39, 0.29) is 0 Å². The lowest BCUT2D eigenvalue weighted by molar-refractivity contribution is 0.431. The summed E-state index contributed by atoms with van der Waals surface area (Å²) in [5.74, 6) is 2.60. The molecule has 3 rings (SSSR count). The first-order valence-corrected chi connectivity index (χ1v) is 4.07. The summed E-state index contributed by atoms with van der Waals surface area (Å²) in [7, 11) is 0. The SMILES string of the molecule is C1=CC2CC=1C1C=CCC21. The minimum absolute atomic E-state index is 0.801. The lowest BCUT2D eigenvalue weighted by Crippen LogP contribution is -2.08. The van der Waals surface area contributed by atoms with Crippen LogP contribution in [0, 0.1) is 17.8 Å². The summed E-state index contributed by atoms with van der Waals surface area (Å²) in [6.45, 7) is 0. The van der Waals surface area contributed by atoms with Gasteiger partial charge in [0.15, 0.2) is 0 Å². The highest BCUT2D eigenvalue weighted by molar-refractivity contribution is 5.32. The number of hydrogen-bond acceptors (Lipinski definition) is 0. The van der Waals surface area contributed by atoms with Gasteiger partial charge in [0.05, 0.1) is 0 Å². The molecule has 10 heavy (non-hydrogen) atoms. The largest absolute Gasteiger partial charge is 0.125 e. The van der Waals surface area contributed by atoms with Crippen LogP contribution in [0.1, 0.15) is 12.8 Å². The first-order chi connectivity index (χ1) is 4.95. The molecule has 3 aliphatic rings. The van der Waals surface area contributed by atoms with Crippen molar-refractivity contribution in [1.29, 1.82) is 0 Å². The van der Waals surface area contributed by atoms with Crippen molar-refractivity contribution in [2.75, 3.05) is 0 Å². The monoisotopic (exact) mass is 130 g/mol. The number of fused-ring (bicyclic) bond motifs is 5. The molecule has 0 heterocycles. The molecule has 0 saturated heterocycles. The normalized spacial score (nSPS) is 46.4. The third-order valence-corrected chi connectivity index (χ3v) is 3.10.